The summed E-state index contributed by atoms with van der Waals surface area (Å²) in [5, 5.41) is 10.7. The Labute approximate surface area is 186 Å². The molecule has 0 aliphatic heterocycles. The monoisotopic (exact) mass is 457 g/mol. The van der Waals surface area contributed by atoms with Gasteiger partial charge in [-0.15, -0.1) is 0 Å². The number of amides is 1. The smallest absolute Gasteiger partial charge is 0.368 e. The summed E-state index contributed by atoms with van der Waals surface area (Å²) in [6.45, 7) is 1.87. The molecule has 1 fully saturated rings. The Bertz CT molecular complexity index is 1320. The average Bonchev–Trinajstić information content (AvgIpc) is 3.39. The molecule has 0 atom stereocenters. The van der Waals surface area contributed by atoms with Crippen LogP contribution in [0.5, 0.6) is 0 Å². The Balaban J connectivity index is 1.20. The molecule has 4 aromatic rings. The molecule has 0 radical (unpaired) electrons. The van der Waals surface area contributed by atoms with Crippen molar-refractivity contribution in [2.45, 2.75) is 50.9 Å². The third kappa shape index (κ3) is 4.35. The second kappa shape index (κ2) is 8.05. The number of pyridine rings is 1. The third-order valence-corrected chi connectivity index (χ3v) is 5.88. The maximum Gasteiger partial charge on any atom is 0.434 e. The number of anilines is 1. The molecule has 1 aliphatic carbocycles. The predicted molar refractivity (Wildman–Crippen MR) is 115 cm³/mol. The first-order valence-corrected chi connectivity index (χ1v) is 10.7. The van der Waals surface area contributed by atoms with Gasteiger partial charge in [-0.05, 0) is 56.9 Å². The molecule has 33 heavy (non-hydrogen) atoms. The van der Waals surface area contributed by atoms with Gasteiger partial charge in [-0.1, -0.05) is 6.07 Å². The highest BCUT2D eigenvalue weighted by Gasteiger charge is 2.34. The van der Waals surface area contributed by atoms with Crippen LogP contribution in [0.25, 0.3) is 11.3 Å². The van der Waals surface area contributed by atoms with E-state index in [1.807, 2.05) is 19.1 Å². The fourth-order valence-corrected chi connectivity index (χ4v) is 4.20. The number of alkyl halides is 3. The quantitative estimate of drug-likeness (QED) is 0.486. The molecule has 1 amide bonds. The van der Waals surface area contributed by atoms with Gasteiger partial charge in [0.2, 0.25) is 0 Å². The minimum atomic E-state index is -4.49. The highest BCUT2D eigenvalue weighted by molar-refractivity contribution is 5.93. The zero-order valence-corrected chi connectivity index (χ0v) is 17.8. The van der Waals surface area contributed by atoms with Crippen LogP contribution in [0.2, 0.25) is 0 Å². The first-order chi connectivity index (χ1) is 15.8. The van der Waals surface area contributed by atoms with Crippen molar-refractivity contribution in [3.05, 3.63) is 59.8 Å². The minimum absolute atomic E-state index is 0.0101. The number of carbonyl (C=O) groups excluding carboxylic acids is 1. The standard InChI is InChI=1S/C22H22F3N7O/c1-13-5-10-20-28-16(11-32(20)30-13)21(33)27-15-8-6-14(7-9-15)26-18-3-2-4-19-29-17(12-31(18)19)22(23,24)25/h2-5,10-12,14-15,26H,6-9H2,1H3,(H,27,33). The maximum absolute atomic E-state index is 13.0. The zero-order valence-electron chi connectivity index (χ0n) is 17.8. The molecule has 0 saturated heterocycles. The van der Waals surface area contributed by atoms with E-state index in [4.69, 9.17) is 0 Å². The summed E-state index contributed by atoms with van der Waals surface area (Å²) in [5.41, 5.74) is 1.09. The van der Waals surface area contributed by atoms with Crippen LogP contribution in [-0.4, -0.2) is 42.0 Å². The summed E-state index contributed by atoms with van der Waals surface area (Å²) >= 11 is 0. The maximum atomic E-state index is 13.0. The van der Waals surface area contributed by atoms with Crippen molar-refractivity contribution in [2.75, 3.05) is 5.32 Å². The molecule has 4 heterocycles. The van der Waals surface area contributed by atoms with Crippen molar-refractivity contribution >= 4 is 23.0 Å². The van der Waals surface area contributed by atoms with Crippen molar-refractivity contribution < 1.29 is 18.0 Å². The summed E-state index contributed by atoms with van der Waals surface area (Å²) in [5.74, 6) is 0.327. The van der Waals surface area contributed by atoms with E-state index in [2.05, 4.69) is 25.7 Å². The number of imidazole rings is 2. The Kier molecular flexibility index (Phi) is 5.18. The van der Waals surface area contributed by atoms with Crippen LogP contribution in [0.3, 0.4) is 0 Å². The van der Waals surface area contributed by atoms with Gasteiger partial charge >= 0.3 is 6.18 Å². The van der Waals surface area contributed by atoms with Crippen molar-refractivity contribution in [3.8, 4) is 0 Å². The number of nitrogens with one attached hydrogen (secondary N) is 2. The number of nitrogens with zero attached hydrogens (tertiary/aromatic N) is 5. The van der Waals surface area contributed by atoms with Crippen LogP contribution in [0.4, 0.5) is 19.0 Å². The van der Waals surface area contributed by atoms with E-state index in [-0.39, 0.29) is 23.6 Å². The number of hydrogen-bond acceptors (Lipinski definition) is 5. The average molecular weight is 457 g/mol. The van der Waals surface area contributed by atoms with E-state index in [1.165, 1.54) is 4.40 Å². The number of aromatic nitrogens is 5. The second-order valence-corrected chi connectivity index (χ2v) is 8.33. The topological polar surface area (TPSA) is 88.6 Å². The molecular weight excluding hydrogens is 435 g/mol. The lowest BCUT2D eigenvalue weighted by Gasteiger charge is -2.30. The lowest BCUT2D eigenvalue weighted by Crippen LogP contribution is -2.40. The van der Waals surface area contributed by atoms with Gasteiger partial charge in [0.25, 0.3) is 5.91 Å². The van der Waals surface area contributed by atoms with Gasteiger partial charge in [0.15, 0.2) is 11.3 Å². The van der Waals surface area contributed by atoms with Gasteiger partial charge in [-0.25, -0.2) is 14.5 Å². The van der Waals surface area contributed by atoms with Gasteiger partial charge in [-0.3, -0.25) is 9.20 Å². The number of aryl methyl sites for hydroxylation is 1. The highest BCUT2D eigenvalue weighted by atomic mass is 19.4. The van der Waals surface area contributed by atoms with Crippen LogP contribution in [0.1, 0.15) is 47.6 Å². The van der Waals surface area contributed by atoms with Crippen molar-refractivity contribution in [1.82, 2.24) is 29.3 Å². The largest absolute Gasteiger partial charge is 0.434 e. The summed E-state index contributed by atoms with van der Waals surface area (Å²) in [4.78, 5) is 20.6. The van der Waals surface area contributed by atoms with Crippen LogP contribution in [0.15, 0.2) is 42.7 Å². The number of hydrogen-bond donors (Lipinski definition) is 2. The van der Waals surface area contributed by atoms with Gasteiger partial charge in [0.1, 0.15) is 17.2 Å². The predicted octanol–water partition coefficient (Wildman–Crippen LogP) is 3.86. The van der Waals surface area contributed by atoms with Crippen LogP contribution < -0.4 is 10.6 Å². The molecule has 4 aromatic heterocycles. The Morgan fingerprint density at radius 2 is 1.76 bits per heavy atom. The molecule has 8 nitrogen and oxygen atoms in total. The van der Waals surface area contributed by atoms with Crippen molar-refractivity contribution in [1.29, 1.82) is 0 Å². The number of fused-ring (bicyclic) bond motifs is 2. The van der Waals surface area contributed by atoms with E-state index in [9.17, 15) is 18.0 Å². The van der Waals surface area contributed by atoms with Crippen LogP contribution in [0, 0.1) is 6.92 Å². The molecule has 0 unspecified atom stereocenters. The second-order valence-electron chi connectivity index (χ2n) is 8.33. The van der Waals surface area contributed by atoms with Crippen LogP contribution >= 0.6 is 0 Å². The number of halogens is 3. The fraction of sp³-hybridized carbons (Fsp3) is 0.364. The molecule has 1 aliphatic rings. The summed E-state index contributed by atoms with van der Waals surface area (Å²) < 4.78 is 42.1. The fourth-order valence-electron chi connectivity index (χ4n) is 4.20. The first-order valence-electron chi connectivity index (χ1n) is 10.7. The molecule has 0 spiro atoms. The SMILES string of the molecule is Cc1ccc2nc(C(=O)NC3CCC(Nc4cccc5nc(C(F)(F)F)cn45)CC3)cn2n1. The zero-order chi connectivity index (χ0) is 23.2. The summed E-state index contributed by atoms with van der Waals surface area (Å²) in [6, 6.07) is 8.71. The van der Waals surface area contributed by atoms with E-state index in [1.54, 1.807) is 28.9 Å². The van der Waals surface area contributed by atoms with E-state index >= 15 is 0 Å². The van der Waals surface area contributed by atoms with E-state index < -0.39 is 11.9 Å². The highest BCUT2D eigenvalue weighted by Crippen LogP contribution is 2.30. The third-order valence-electron chi connectivity index (χ3n) is 5.88. The van der Waals surface area contributed by atoms with Crippen LogP contribution in [-0.2, 0) is 6.18 Å². The van der Waals surface area contributed by atoms with Gasteiger partial charge in [0, 0.05) is 18.3 Å². The molecule has 0 bridgehead atoms. The molecule has 0 aromatic carbocycles. The van der Waals surface area contributed by atoms with Crippen molar-refractivity contribution in [3.63, 3.8) is 0 Å². The normalized spacial score (nSPS) is 19.2. The first kappa shape index (κ1) is 21.2. The number of carbonyl (C=O) groups is 1. The van der Waals surface area contributed by atoms with Crippen molar-refractivity contribution in [2.24, 2.45) is 0 Å². The lowest BCUT2D eigenvalue weighted by atomic mass is 9.91. The summed E-state index contributed by atoms with van der Waals surface area (Å²) in [6.07, 6.45) is 1.18. The molecule has 1 saturated carbocycles. The van der Waals surface area contributed by atoms with Gasteiger partial charge in [0.05, 0.1) is 11.9 Å². The molecule has 2 N–H and O–H groups in total. The van der Waals surface area contributed by atoms with Gasteiger partial charge < -0.3 is 10.6 Å². The Morgan fingerprint density at radius 1 is 1.00 bits per heavy atom. The number of rotatable bonds is 4. The van der Waals surface area contributed by atoms with E-state index in [0.29, 0.717) is 17.2 Å². The molecule has 172 valence electrons. The molecule has 5 rings (SSSR count). The van der Waals surface area contributed by atoms with E-state index in [0.717, 1.165) is 37.6 Å². The minimum Gasteiger partial charge on any atom is -0.368 e. The molecule has 11 heteroatoms. The lowest BCUT2D eigenvalue weighted by molar-refractivity contribution is -0.140. The molecular formula is C22H22F3N7O. The van der Waals surface area contributed by atoms with Gasteiger partial charge in [-0.2, -0.15) is 18.3 Å². The Hall–Kier alpha value is -3.63. The Morgan fingerprint density at radius 3 is 2.52 bits per heavy atom. The summed E-state index contributed by atoms with van der Waals surface area (Å²) in [7, 11) is 0.